The number of nitrogens with zero attached hydrogens (tertiary/aromatic N) is 1. The second-order valence-electron chi connectivity index (χ2n) is 9.11. The zero-order valence-electron chi connectivity index (χ0n) is 22.5. The second kappa shape index (κ2) is 13.2. The van der Waals surface area contributed by atoms with E-state index in [-0.39, 0.29) is 17.8 Å². The molecule has 4 amide bonds. The molecular weight excluding hydrogens is 512 g/mol. The van der Waals surface area contributed by atoms with Crippen molar-refractivity contribution < 1.29 is 19.1 Å². The lowest BCUT2D eigenvalue weighted by Gasteiger charge is -2.26. The Morgan fingerprint density at radius 3 is 2.51 bits per heavy atom. The van der Waals surface area contributed by atoms with E-state index in [4.69, 9.17) is 4.74 Å². The van der Waals surface area contributed by atoms with Crippen LogP contribution in [-0.2, 0) is 22.7 Å². The van der Waals surface area contributed by atoms with Gasteiger partial charge in [-0.3, -0.25) is 9.59 Å². The Bertz CT molecular complexity index is 1330. The highest BCUT2D eigenvalue weighted by Crippen LogP contribution is 2.38. The van der Waals surface area contributed by atoms with Crippen molar-refractivity contribution >= 4 is 35.3 Å². The van der Waals surface area contributed by atoms with Crippen LogP contribution in [0.1, 0.15) is 31.4 Å². The summed E-state index contributed by atoms with van der Waals surface area (Å²) in [5.41, 5.74) is 4.81. The number of thioether (sulfide) groups is 1. The Kier molecular flexibility index (Phi) is 9.49. The van der Waals surface area contributed by atoms with Gasteiger partial charge in [0.1, 0.15) is 11.8 Å². The monoisotopic (exact) mass is 546 g/mol. The number of anilines is 1. The summed E-state index contributed by atoms with van der Waals surface area (Å²) < 4.78 is 5.40. The SMILES string of the molecule is CCNC(=O)NCc1ccccc1-c1ccc(CN2C(=O)[C@H](NC(=O)CC)CSc3cc(OC)ccc32)cc1. The molecule has 204 valence electrons. The van der Waals surface area contributed by atoms with Gasteiger partial charge >= 0.3 is 6.03 Å². The molecule has 3 aromatic carbocycles. The molecule has 0 radical (unpaired) electrons. The summed E-state index contributed by atoms with van der Waals surface area (Å²) in [6, 6.07) is 20.9. The van der Waals surface area contributed by atoms with Crippen LogP contribution < -0.4 is 25.6 Å². The fourth-order valence-corrected chi connectivity index (χ4v) is 5.50. The van der Waals surface area contributed by atoms with E-state index in [0.29, 0.717) is 31.8 Å². The number of hydrogen-bond acceptors (Lipinski definition) is 5. The van der Waals surface area contributed by atoms with Crippen molar-refractivity contribution in [3.05, 3.63) is 77.9 Å². The predicted octanol–water partition coefficient (Wildman–Crippen LogP) is 4.72. The molecule has 39 heavy (non-hydrogen) atoms. The van der Waals surface area contributed by atoms with Gasteiger partial charge in [-0.05, 0) is 47.4 Å². The van der Waals surface area contributed by atoms with Crippen LogP contribution in [0.25, 0.3) is 11.1 Å². The van der Waals surface area contributed by atoms with Gasteiger partial charge in [-0.2, -0.15) is 0 Å². The van der Waals surface area contributed by atoms with Crippen LogP contribution in [0.3, 0.4) is 0 Å². The van der Waals surface area contributed by atoms with Crippen molar-refractivity contribution in [2.24, 2.45) is 0 Å². The van der Waals surface area contributed by atoms with Crippen LogP contribution in [0.15, 0.2) is 71.6 Å². The number of amides is 4. The van der Waals surface area contributed by atoms with Gasteiger partial charge in [0.05, 0.1) is 19.3 Å². The van der Waals surface area contributed by atoms with Gasteiger partial charge < -0.3 is 25.6 Å². The molecule has 1 atom stereocenters. The largest absolute Gasteiger partial charge is 0.497 e. The number of methoxy groups -OCH3 is 1. The molecule has 8 nitrogen and oxygen atoms in total. The van der Waals surface area contributed by atoms with E-state index >= 15 is 0 Å². The quantitative estimate of drug-likeness (QED) is 0.361. The maximum atomic E-state index is 13.7. The molecule has 3 aromatic rings. The fraction of sp³-hybridized carbons (Fsp3) is 0.300. The van der Waals surface area contributed by atoms with Gasteiger partial charge in [-0.25, -0.2) is 4.79 Å². The summed E-state index contributed by atoms with van der Waals surface area (Å²) in [6.07, 6.45) is 0.316. The van der Waals surface area contributed by atoms with Crippen LogP contribution in [0, 0.1) is 0 Å². The van der Waals surface area contributed by atoms with E-state index in [1.165, 1.54) is 11.8 Å². The van der Waals surface area contributed by atoms with E-state index < -0.39 is 6.04 Å². The lowest BCUT2D eigenvalue weighted by atomic mass is 9.98. The maximum Gasteiger partial charge on any atom is 0.315 e. The Balaban J connectivity index is 1.58. The number of carbonyl (C=O) groups excluding carboxylic acids is 3. The third-order valence-electron chi connectivity index (χ3n) is 6.48. The molecule has 0 saturated heterocycles. The minimum atomic E-state index is -0.621. The number of nitrogens with one attached hydrogen (secondary N) is 3. The summed E-state index contributed by atoms with van der Waals surface area (Å²) in [5, 5.41) is 8.52. The average molecular weight is 547 g/mol. The standard InChI is InChI=1S/C30H34N4O4S/c1-4-28(35)33-25-19-39-27-16-23(38-3)14-15-26(27)34(29(25)36)18-20-10-12-21(13-11-20)24-9-7-6-8-22(24)17-32-30(37)31-5-2/h6-16,25H,4-5,17-19H2,1-3H3,(H,33,35)(H2,31,32,37)/t25-/m1/s1. The van der Waals surface area contributed by atoms with Gasteiger partial charge in [-0.1, -0.05) is 55.5 Å². The van der Waals surface area contributed by atoms with Crippen molar-refractivity contribution in [1.29, 1.82) is 0 Å². The fourth-order valence-electron chi connectivity index (χ4n) is 4.40. The van der Waals surface area contributed by atoms with Gasteiger partial charge in [0.25, 0.3) is 5.91 Å². The van der Waals surface area contributed by atoms with E-state index in [2.05, 4.69) is 16.0 Å². The van der Waals surface area contributed by atoms with Gasteiger partial charge in [-0.15, -0.1) is 11.8 Å². The molecule has 0 spiro atoms. The molecule has 0 aromatic heterocycles. The first-order chi connectivity index (χ1) is 18.9. The second-order valence-corrected chi connectivity index (χ2v) is 10.2. The van der Waals surface area contributed by atoms with Crippen LogP contribution in [-0.4, -0.2) is 43.3 Å². The van der Waals surface area contributed by atoms with Crippen LogP contribution in [0.4, 0.5) is 10.5 Å². The van der Waals surface area contributed by atoms with Crippen LogP contribution in [0.2, 0.25) is 0 Å². The van der Waals surface area contributed by atoms with Crippen molar-refractivity contribution in [2.45, 2.75) is 44.3 Å². The molecule has 1 aliphatic heterocycles. The molecule has 0 bridgehead atoms. The number of fused-ring (bicyclic) bond motifs is 1. The summed E-state index contributed by atoms with van der Waals surface area (Å²) in [4.78, 5) is 40.4. The Morgan fingerprint density at radius 1 is 1.03 bits per heavy atom. The number of rotatable bonds is 9. The smallest absolute Gasteiger partial charge is 0.315 e. The number of hydrogen-bond donors (Lipinski definition) is 3. The first kappa shape index (κ1) is 28.0. The Labute approximate surface area is 233 Å². The van der Waals surface area contributed by atoms with Gasteiger partial charge in [0, 0.05) is 30.2 Å². The zero-order chi connectivity index (χ0) is 27.8. The van der Waals surface area contributed by atoms with Crippen molar-refractivity contribution in [2.75, 3.05) is 24.3 Å². The summed E-state index contributed by atoms with van der Waals surface area (Å²) in [7, 11) is 1.62. The van der Waals surface area contributed by atoms with E-state index in [9.17, 15) is 14.4 Å². The van der Waals surface area contributed by atoms with Crippen molar-refractivity contribution in [1.82, 2.24) is 16.0 Å². The summed E-state index contributed by atoms with van der Waals surface area (Å²) in [6.45, 7) is 4.99. The van der Waals surface area contributed by atoms with E-state index in [1.54, 1.807) is 18.9 Å². The molecule has 0 fully saturated rings. The minimum absolute atomic E-state index is 0.140. The molecule has 4 rings (SSSR count). The van der Waals surface area contributed by atoms with E-state index in [0.717, 1.165) is 38.6 Å². The number of urea groups is 1. The van der Waals surface area contributed by atoms with Gasteiger partial charge in [0.15, 0.2) is 0 Å². The summed E-state index contributed by atoms with van der Waals surface area (Å²) >= 11 is 1.54. The lowest BCUT2D eigenvalue weighted by Crippen LogP contribution is -2.49. The Morgan fingerprint density at radius 2 is 1.79 bits per heavy atom. The zero-order valence-corrected chi connectivity index (χ0v) is 23.3. The third kappa shape index (κ3) is 6.92. The topological polar surface area (TPSA) is 99.8 Å². The molecular formula is C30H34N4O4S. The first-order valence-corrected chi connectivity index (χ1v) is 14.0. The summed E-state index contributed by atoms with van der Waals surface area (Å²) in [5.74, 6) is 0.872. The average Bonchev–Trinajstić information content (AvgIpc) is 3.08. The number of ether oxygens (including phenoxy) is 1. The highest BCUT2D eigenvalue weighted by molar-refractivity contribution is 7.99. The molecule has 9 heteroatoms. The maximum absolute atomic E-state index is 13.7. The molecule has 1 heterocycles. The van der Waals surface area contributed by atoms with Crippen LogP contribution >= 0.6 is 11.8 Å². The molecule has 3 N–H and O–H groups in total. The van der Waals surface area contributed by atoms with Crippen molar-refractivity contribution in [3.63, 3.8) is 0 Å². The van der Waals surface area contributed by atoms with E-state index in [1.807, 2.05) is 73.7 Å². The highest BCUT2D eigenvalue weighted by atomic mass is 32.2. The number of benzene rings is 3. The highest BCUT2D eigenvalue weighted by Gasteiger charge is 2.32. The number of carbonyl (C=O) groups is 3. The Hall–Kier alpha value is -3.98. The third-order valence-corrected chi connectivity index (χ3v) is 7.62. The first-order valence-electron chi connectivity index (χ1n) is 13.0. The minimum Gasteiger partial charge on any atom is -0.497 e. The van der Waals surface area contributed by atoms with Crippen LogP contribution in [0.5, 0.6) is 5.75 Å². The normalized spacial score (nSPS) is 14.7. The van der Waals surface area contributed by atoms with Gasteiger partial charge in [0.2, 0.25) is 5.91 Å². The molecule has 1 aliphatic rings. The van der Waals surface area contributed by atoms with Crippen molar-refractivity contribution in [3.8, 4) is 16.9 Å². The predicted molar refractivity (Wildman–Crippen MR) is 155 cm³/mol. The molecule has 0 saturated carbocycles. The molecule has 0 unspecified atom stereocenters. The lowest BCUT2D eigenvalue weighted by molar-refractivity contribution is -0.127. The molecule has 0 aliphatic carbocycles.